The first-order valence-electron chi connectivity index (χ1n) is 8.11. The first-order valence-corrected chi connectivity index (χ1v) is 8.11. The van der Waals surface area contributed by atoms with Crippen molar-refractivity contribution < 1.29 is 39.9 Å². The molecule has 0 aliphatic heterocycles. The summed E-state index contributed by atoms with van der Waals surface area (Å²) in [6.45, 7) is 0. The average Bonchev–Trinajstić information content (AvgIpc) is 2.67. The molecule has 0 heterocycles. The monoisotopic (exact) mass is 391 g/mol. The first kappa shape index (κ1) is 22.6. The molecule has 0 fully saturated rings. The van der Waals surface area contributed by atoms with E-state index in [9.17, 15) is 14.4 Å². The van der Waals surface area contributed by atoms with Gasteiger partial charge in [-0.05, 0) is 17.5 Å². The molecule has 2 unspecified atom stereocenters. The number of aryl methyl sites for hydroxylation is 1. The number of aliphatic hydroxyl groups is 2. The van der Waals surface area contributed by atoms with Crippen molar-refractivity contribution in [1.82, 2.24) is 0 Å². The SMILES string of the molecule is Nc1c(CCC(=O)O)cccc1-c1ccccc1.O=C(O)C(O)C(O)C(=O)O. The van der Waals surface area contributed by atoms with Crippen molar-refractivity contribution >= 4 is 23.6 Å². The smallest absolute Gasteiger partial charge is 0.335 e. The highest BCUT2D eigenvalue weighted by atomic mass is 16.4. The maximum Gasteiger partial charge on any atom is 0.335 e. The Kier molecular flexibility index (Phi) is 8.60. The third-order valence-corrected chi connectivity index (χ3v) is 3.69. The fourth-order valence-electron chi connectivity index (χ4n) is 2.21. The fraction of sp³-hybridized carbons (Fsp3) is 0.211. The molecule has 2 aromatic carbocycles. The Labute approximate surface area is 160 Å². The van der Waals surface area contributed by atoms with Crippen LogP contribution in [0.25, 0.3) is 11.1 Å². The van der Waals surface area contributed by atoms with Crippen molar-refractivity contribution in [2.24, 2.45) is 0 Å². The molecule has 9 nitrogen and oxygen atoms in total. The zero-order valence-corrected chi connectivity index (χ0v) is 14.7. The maximum absolute atomic E-state index is 10.6. The second-order valence-corrected chi connectivity index (χ2v) is 5.70. The molecule has 9 heteroatoms. The summed E-state index contributed by atoms with van der Waals surface area (Å²) in [4.78, 5) is 30.1. The molecule has 7 N–H and O–H groups in total. The normalized spacial score (nSPS) is 12.2. The number of carboxylic acids is 3. The van der Waals surface area contributed by atoms with Crippen LogP contribution in [0.2, 0.25) is 0 Å². The lowest BCUT2D eigenvalue weighted by Gasteiger charge is -2.10. The van der Waals surface area contributed by atoms with E-state index in [2.05, 4.69) is 0 Å². The number of nitrogens with two attached hydrogens (primary N) is 1. The number of anilines is 1. The second kappa shape index (κ2) is 10.7. The lowest BCUT2D eigenvalue weighted by molar-refractivity contribution is -0.165. The van der Waals surface area contributed by atoms with E-state index in [4.69, 9.17) is 31.3 Å². The fourth-order valence-corrected chi connectivity index (χ4v) is 2.21. The van der Waals surface area contributed by atoms with E-state index in [0.29, 0.717) is 12.1 Å². The van der Waals surface area contributed by atoms with Gasteiger partial charge in [-0.2, -0.15) is 0 Å². The van der Waals surface area contributed by atoms with Crippen LogP contribution in [0.1, 0.15) is 12.0 Å². The number of aliphatic hydroxyl groups excluding tert-OH is 2. The predicted octanol–water partition coefficient (Wildman–Crippen LogP) is 0.830. The molecular weight excluding hydrogens is 370 g/mol. The van der Waals surface area contributed by atoms with Crippen LogP contribution < -0.4 is 5.73 Å². The molecule has 0 saturated heterocycles. The van der Waals surface area contributed by atoms with Gasteiger partial charge in [0.1, 0.15) is 0 Å². The summed E-state index contributed by atoms with van der Waals surface area (Å²) in [6, 6.07) is 15.6. The van der Waals surface area contributed by atoms with Crippen molar-refractivity contribution in [2.75, 3.05) is 5.73 Å². The topological polar surface area (TPSA) is 178 Å². The van der Waals surface area contributed by atoms with Crippen LogP contribution in [0, 0.1) is 0 Å². The van der Waals surface area contributed by atoms with Crippen LogP contribution in [-0.4, -0.2) is 55.6 Å². The summed E-state index contributed by atoms with van der Waals surface area (Å²) in [6.07, 6.45) is -3.97. The molecule has 0 amide bonds. The van der Waals surface area contributed by atoms with Gasteiger partial charge in [0.05, 0.1) is 0 Å². The maximum atomic E-state index is 10.6. The van der Waals surface area contributed by atoms with E-state index >= 15 is 0 Å². The van der Waals surface area contributed by atoms with Crippen molar-refractivity contribution in [2.45, 2.75) is 25.0 Å². The summed E-state index contributed by atoms with van der Waals surface area (Å²) in [5, 5.41) is 41.2. The van der Waals surface area contributed by atoms with Gasteiger partial charge >= 0.3 is 17.9 Å². The average molecular weight is 391 g/mol. The summed E-state index contributed by atoms with van der Waals surface area (Å²) in [5.74, 6) is -4.34. The zero-order chi connectivity index (χ0) is 21.3. The Hall–Kier alpha value is -3.43. The first-order chi connectivity index (χ1) is 13.1. The Morgan fingerprint density at radius 3 is 1.82 bits per heavy atom. The Morgan fingerprint density at radius 2 is 1.36 bits per heavy atom. The highest BCUT2D eigenvalue weighted by Gasteiger charge is 2.29. The van der Waals surface area contributed by atoms with E-state index in [1.54, 1.807) is 0 Å². The summed E-state index contributed by atoms with van der Waals surface area (Å²) >= 11 is 0. The molecule has 0 aliphatic rings. The summed E-state index contributed by atoms with van der Waals surface area (Å²) in [7, 11) is 0. The molecule has 2 aromatic rings. The van der Waals surface area contributed by atoms with Crippen LogP contribution in [0.5, 0.6) is 0 Å². The number of aliphatic carboxylic acids is 3. The van der Waals surface area contributed by atoms with E-state index < -0.39 is 30.1 Å². The number of hydrogen-bond donors (Lipinski definition) is 6. The number of para-hydroxylation sites is 1. The molecule has 0 saturated carbocycles. The quantitative estimate of drug-likeness (QED) is 0.373. The van der Waals surface area contributed by atoms with E-state index in [1.807, 2.05) is 48.5 Å². The van der Waals surface area contributed by atoms with Crippen LogP contribution in [0.3, 0.4) is 0 Å². The van der Waals surface area contributed by atoms with Crippen LogP contribution >= 0.6 is 0 Å². The zero-order valence-electron chi connectivity index (χ0n) is 14.7. The summed E-state index contributed by atoms with van der Waals surface area (Å²) < 4.78 is 0. The Morgan fingerprint density at radius 1 is 0.821 bits per heavy atom. The van der Waals surface area contributed by atoms with Gasteiger partial charge in [-0.1, -0.05) is 48.5 Å². The molecule has 0 radical (unpaired) electrons. The minimum atomic E-state index is -2.27. The molecule has 0 spiro atoms. The third kappa shape index (κ3) is 6.71. The van der Waals surface area contributed by atoms with Gasteiger partial charge in [-0.3, -0.25) is 4.79 Å². The van der Waals surface area contributed by atoms with E-state index in [-0.39, 0.29) is 6.42 Å². The highest BCUT2D eigenvalue weighted by Crippen LogP contribution is 2.28. The minimum Gasteiger partial charge on any atom is -0.481 e. The van der Waals surface area contributed by atoms with Crippen LogP contribution in [0.4, 0.5) is 5.69 Å². The number of benzene rings is 2. The Bertz CT molecular complexity index is 804. The van der Waals surface area contributed by atoms with Gasteiger partial charge in [0.25, 0.3) is 0 Å². The number of nitrogen functional groups attached to an aromatic ring is 1. The van der Waals surface area contributed by atoms with Gasteiger partial charge in [0.2, 0.25) is 0 Å². The summed E-state index contributed by atoms with van der Waals surface area (Å²) in [5.41, 5.74) is 9.67. The molecule has 0 aliphatic carbocycles. The molecule has 2 atom stereocenters. The van der Waals surface area contributed by atoms with E-state index in [1.165, 1.54) is 0 Å². The van der Waals surface area contributed by atoms with Gasteiger partial charge in [0.15, 0.2) is 12.2 Å². The molecule has 0 bridgehead atoms. The van der Waals surface area contributed by atoms with Gasteiger partial charge < -0.3 is 31.3 Å². The number of carbonyl (C=O) groups is 3. The van der Waals surface area contributed by atoms with Crippen molar-refractivity contribution in [3.8, 4) is 11.1 Å². The van der Waals surface area contributed by atoms with E-state index in [0.717, 1.165) is 16.7 Å². The highest BCUT2D eigenvalue weighted by molar-refractivity contribution is 5.83. The lowest BCUT2D eigenvalue weighted by Crippen LogP contribution is -2.39. The third-order valence-electron chi connectivity index (χ3n) is 3.69. The van der Waals surface area contributed by atoms with Crippen LogP contribution in [-0.2, 0) is 20.8 Å². The molecule has 28 heavy (non-hydrogen) atoms. The van der Waals surface area contributed by atoms with Gasteiger partial charge in [-0.25, -0.2) is 9.59 Å². The largest absolute Gasteiger partial charge is 0.481 e. The van der Waals surface area contributed by atoms with Crippen molar-refractivity contribution in [1.29, 1.82) is 0 Å². The lowest BCUT2D eigenvalue weighted by atomic mass is 9.98. The molecule has 2 rings (SSSR count). The van der Waals surface area contributed by atoms with Crippen molar-refractivity contribution in [3.05, 3.63) is 54.1 Å². The predicted molar refractivity (Wildman–Crippen MR) is 99.5 cm³/mol. The molecule has 150 valence electrons. The second-order valence-electron chi connectivity index (χ2n) is 5.70. The Balaban J connectivity index is 0.000000336. The minimum absolute atomic E-state index is 0.0996. The standard InChI is InChI=1S/C15H15NO2.C4H6O6/c16-15-12(9-10-14(17)18)7-4-8-13(15)11-5-2-1-3-6-11;5-1(3(7)8)2(6)4(9)10/h1-8H,9-10,16H2,(H,17,18);1-2,5-6H,(H,7,8)(H,9,10). The molecule has 0 aromatic heterocycles. The number of rotatable bonds is 7. The number of hydrogen-bond acceptors (Lipinski definition) is 6. The van der Waals surface area contributed by atoms with Crippen LogP contribution in [0.15, 0.2) is 48.5 Å². The van der Waals surface area contributed by atoms with Crippen molar-refractivity contribution in [3.63, 3.8) is 0 Å². The van der Waals surface area contributed by atoms with Gasteiger partial charge in [-0.15, -0.1) is 0 Å². The number of carboxylic acid groups (broad SMARTS) is 3. The molecular formula is C19H21NO8. The van der Waals surface area contributed by atoms with Gasteiger partial charge in [0, 0.05) is 17.7 Å².